The molecular formula is C22H18IN3O3. The van der Waals surface area contributed by atoms with Crippen molar-refractivity contribution in [2.24, 2.45) is 0 Å². The largest absolute Gasteiger partial charge is 0.343 e. The third-order valence-electron chi connectivity index (χ3n) is 3.97. The third kappa shape index (κ3) is 5.89. The molecule has 3 N–H and O–H groups in total. The van der Waals surface area contributed by atoms with E-state index in [1.54, 1.807) is 60.7 Å². The predicted octanol–water partition coefficient (Wildman–Crippen LogP) is 3.91. The number of halogens is 1. The Morgan fingerprint density at radius 1 is 0.724 bits per heavy atom. The molecule has 0 saturated carbocycles. The first-order valence-corrected chi connectivity index (χ1v) is 9.90. The highest BCUT2D eigenvalue weighted by molar-refractivity contribution is 14.1. The molecule has 0 radical (unpaired) electrons. The fraction of sp³-hybridized carbons (Fsp3) is 0.0455. The van der Waals surface area contributed by atoms with Crippen LogP contribution in [0.2, 0.25) is 0 Å². The Hall–Kier alpha value is -3.20. The average Bonchev–Trinajstić information content (AvgIpc) is 2.73. The second-order valence-electron chi connectivity index (χ2n) is 6.11. The molecule has 0 aliphatic carbocycles. The van der Waals surface area contributed by atoms with Gasteiger partial charge in [0.25, 0.3) is 11.8 Å². The fourth-order valence-corrected chi connectivity index (χ4v) is 3.21. The van der Waals surface area contributed by atoms with Gasteiger partial charge in [-0.3, -0.25) is 14.4 Å². The van der Waals surface area contributed by atoms with E-state index in [2.05, 4.69) is 38.5 Å². The van der Waals surface area contributed by atoms with Gasteiger partial charge in [0.15, 0.2) is 0 Å². The molecule has 0 aromatic heterocycles. The Balaban J connectivity index is 1.55. The number of rotatable bonds is 6. The van der Waals surface area contributed by atoms with Crippen LogP contribution in [0.1, 0.15) is 20.7 Å². The zero-order valence-corrected chi connectivity index (χ0v) is 17.5. The molecule has 0 aliphatic rings. The first kappa shape index (κ1) is 20.5. The molecule has 0 atom stereocenters. The van der Waals surface area contributed by atoms with E-state index in [4.69, 9.17) is 0 Å². The van der Waals surface area contributed by atoms with Crippen molar-refractivity contribution in [3.8, 4) is 0 Å². The minimum Gasteiger partial charge on any atom is -0.343 e. The smallest absolute Gasteiger partial charge is 0.255 e. The van der Waals surface area contributed by atoms with Gasteiger partial charge in [-0.15, -0.1) is 0 Å². The number of carbonyl (C=O) groups is 3. The summed E-state index contributed by atoms with van der Waals surface area (Å²) in [6.45, 7) is -0.162. The molecule has 0 aliphatic heterocycles. The van der Waals surface area contributed by atoms with Crippen LogP contribution in [0.5, 0.6) is 0 Å². The lowest BCUT2D eigenvalue weighted by Crippen LogP contribution is -2.33. The highest BCUT2D eigenvalue weighted by atomic mass is 127. The van der Waals surface area contributed by atoms with Crippen LogP contribution in [0, 0.1) is 3.57 Å². The van der Waals surface area contributed by atoms with Gasteiger partial charge in [0.2, 0.25) is 5.91 Å². The summed E-state index contributed by atoms with van der Waals surface area (Å²) < 4.78 is 0.810. The van der Waals surface area contributed by atoms with Gasteiger partial charge in [-0.25, -0.2) is 0 Å². The zero-order valence-electron chi connectivity index (χ0n) is 15.3. The van der Waals surface area contributed by atoms with Crippen LogP contribution in [0.3, 0.4) is 0 Å². The fourth-order valence-electron chi connectivity index (χ4n) is 2.57. The van der Waals surface area contributed by atoms with Gasteiger partial charge in [0.1, 0.15) is 0 Å². The lowest BCUT2D eigenvalue weighted by molar-refractivity contribution is -0.115. The molecule has 0 bridgehead atoms. The van der Waals surface area contributed by atoms with E-state index in [0.29, 0.717) is 22.5 Å². The highest BCUT2D eigenvalue weighted by Gasteiger charge is 2.11. The van der Waals surface area contributed by atoms with Crippen LogP contribution >= 0.6 is 22.6 Å². The second-order valence-corrected chi connectivity index (χ2v) is 7.27. The summed E-state index contributed by atoms with van der Waals surface area (Å²) in [5.41, 5.74) is 2.13. The van der Waals surface area contributed by atoms with Crippen LogP contribution in [0.4, 0.5) is 11.4 Å². The summed E-state index contributed by atoms with van der Waals surface area (Å²) in [5.74, 6) is -0.913. The van der Waals surface area contributed by atoms with Crippen LogP contribution < -0.4 is 16.0 Å². The Labute approximate surface area is 181 Å². The second kappa shape index (κ2) is 9.83. The van der Waals surface area contributed by atoms with Gasteiger partial charge in [0, 0.05) is 20.5 Å². The maximum absolute atomic E-state index is 12.2. The molecule has 3 rings (SSSR count). The van der Waals surface area contributed by atoms with Crippen molar-refractivity contribution < 1.29 is 14.4 Å². The van der Waals surface area contributed by atoms with E-state index >= 15 is 0 Å². The zero-order chi connectivity index (χ0) is 20.6. The minimum absolute atomic E-state index is 0.162. The van der Waals surface area contributed by atoms with Gasteiger partial charge >= 0.3 is 0 Å². The molecule has 0 heterocycles. The SMILES string of the molecule is O=C(CNC(=O)c1ccccc1I)Nc1cccc(NC(=O)c2ccccc2)c1. The maximum atomic E-state index is 12.2. The number of nitrogens with one attached hydrogen (secondary N) is 3. The number of anilines is 2. The molecule has 3 amide bonds. The number of amides is 3. The third-order valence-corrected chi connectivity index (χ3v) is 4.91. The van der Waals surface area contributed by atoms with Crippen molar-refractivity contribution >= 4 is 51.7 Å². The molecule has 29 heavy (non-hydrogen) atoms. The molecule has 3 aromatic rings. The molecule has 3 aromatic carbocycles. The Bertz CT molecular complexity index is 1040. The summed E-state index contributed by atoms with van der Waals surface area (Å²) >= 11 is 2.07. The van der Waals surface area contributed by atoms with Gasteiger partial charge in [-0.1, -0.05) is 36.4 Å². The molecule has 0 unspecified atom stereocenters. The molecule has 0 spiro atoms. The van der Waals surface area contributed by atoms with Gasteiger partial charge in [0.05, 0.1) is 12.1 Å². The highest BCUT2D eigenvalue weighted by Crippen LogP contribution is 2.16. The average molecular weight is 499 g/mol. The summed E-state index contributed by atoms with van der Waals surface area (Å²) in [5, 5.41) is 8.10. The Morgan fingerprint density at radius 3 is 2.10 bits per heavy atom. The number of hydrogen-bond acceptors (Lipinski definition) is 3. The molecular weight excluding hydrogens is 481 g/mol. The summed E-state index contributed by atoms with van der Waals surface area (Å²) in [4.78, 5) is 36.6. The molecule has 146 valence electrons. The van der Waals surface area contributed by atoms with E-state index in [0.717, 1.165) is 3.57 Å². The topological polar surface area (TPSA) is 87.3 Å². The minimum atomic E-state index is -0.365. The normalized spacial score (nSPS) is 10.1. The van der Waals surface area contributed by atoms with Crippen molar-refractivity contribution in [3.05, 3.63) is 93.6 Å². The number of benzene rings is 3. The molecule has 0 fully saturated rings. The lowest BCUT2D eigenvalue weighted by atomic mass is 10.2. The lowest BCUT2D eigenvalue weighted by Gasteiger charge is -2.10. The monoisotopic (exact) mass is 499 g/mol. The molecule has 7 heteroatoms. The van der Waals surface area contributed by atoms with E-state index in [9.17, 15) is 14.4 Å². The van der Waals surface area contributed by atoms with Crippen LogP contribution in [0.15, 0.2) is 78.9 Å². The first-order valence-electron chi connectivity index (χ1n) is 8.82. The predicted molar refractivity (Wildman–Crippen MR) is 121 cm³/mol. The molecule has 6 nitrogen and oxygen atoms in total. The number of carbonyl (C=O) groups excluding carboxylic acids is 3. The van der Waals surface area contributed by atoms with Gasteiger partial charge in [-0.2, -0.15) is 0 Å². The maximum Gasteiger partial charge on any atom is 0.255 e. The number of hydrogen-bond donors (Lipinski definition) is 3. The van der Waals surface area contributed by atoms with Gasteiger partial charge in [-0.05, 0) is 65.1 Å². The Kier molecular flexibility index (Phi) is 6.96. The van der Waals surface area contributed by atoms with Crippen LogP contribution in [-0.4, -0.2) is 24.3 Å². The van der Waals surface area contributed by atoms with Gasteiger partial charge < -0.3 is 16.0 Å². The summed E-state index contributed by atoms with van der Waals surface area (Å²) in [7, 11) is 0. The van der Waals surface area contributed by atoms with Crippen molar-refractivity contribution in [1.82, 2.24) is 5.32 Å². The van der Waals surface area contributed by atoms with E-state index in [1.807, 2.05) is 18.2 Å². The Morgan fingerprint density at radius 2 is 1.38 bits per heavy atom. The van der Waals surface area contributed by atoms with Crippen LogP contribution in [-0.2, 0) is 4.79 Å². The van der Waals surface area contributed by atoms with E-state index in [-0.39, 0.29) is 24.3 Å². The quantitative estimate of drug-likeness (QED) is 0.450. The summed E-state index contributed by atoms with van der Waals surface area (Å²) in [6.07, 6.45) is 0. The van der Waals surface area contributed by atoms with E-state index in [1.165, 1.54) is 0 Å². The van der Waals surface area contributed by atoms with Crippen LogP contribution in [0.25, 0.3) is 0 Å². The van der Waals surface area contributed by atoms with Crippen molar-refractivity contribution in [3.63, 3.8) is 0 Å². The standard InChI is InChI=1S/C22H18IN3O3/c23-19-12-5-4-11-18(19)22(29)24-14-20(27)25-16-9-6-10-17(13-16)26-21(28)15-7-2-1-3-8-15/h1-13H,14H2,(H,24,29)(H,25,27)(H,26,28). The van der Waals surface area contributed by atoms with E-state index < -0.39 is 0 Å². The van der Waals surface area contributed by atoms with Crippen molar-refractivity contribution in [2.75, 3.05) is 17.2 Å². The van der Waals surface area contributed by atoms with Crippen molar-refractivity contribution in [1.29, 1.82) is 0 Å². The molecule has 0 saturated heterocycles. The first-order chi connectivity index (χ1) is 14.0. The summed E-state index contributed by atoms with van der Waals surface area (Å²) in [6, 6.07) is 22.8. The van der Waals surface area contributed by atoms with Crippen molar-refractivity contribution in [2.45, 2.75) is 0 Å².